The standard InChI is InChI=1S/C28H27F2N7O3/c1-3-10-31-15-18-6-4-7-19(13-18)39-20-8-9-24(40-28(29)30)21(14-20)25-23(17-36(2)35-25)34-27(38)22-16-33-37-12-5-11-32-26(22)37/h4-9,11-14,16-17,28,31H,3,10,15H2,1-2H3,(H,34,38). The third kappa shape index (κ3) is 6.07. The quantitative estimate of drug-likeness (QED) is 0.217. The van der Waals surface area contributed by atoms with E-state index in [1.54, 1.807) is 37.8 Å². The van der Waals surface area contributed by atoms with Crippen LogP contribution in [0.3, 0.4) is 0 Å². The monoisotopic (exact) mass is 547 g/mol. The zero-order valence-corrected chi connectivity index (χ0v) is 21.8. The van der Waals surface area contributed by atoms with Gasteiger partial charge in [0.15, 0.2) is 5.65 Å². The highest BCUT2D eigenvalue weighted by molar-refractivity contribution is 6.09. The minimum Gasteiger partial charge on any atom is -0.457 e. The molecule has 2 aromatic carbocycles. The van der Waals surface area contributed by atoms with Crippen LogP contribution in [-0.2, 0) is 13.6 Å². The first-order chi connectivity index (χ1) is 19.4. The van der Waals surface area contributed by atoms with Crippen molar-refractivity contribution in [3.8, 4) is 28.5 Å². The fraction of sp³-hybridized carbons (Fsp3) is 0.214. The van der Waals surface area contributed by atoms with E-state index < -0.39 is 12.5 Å². The van der Waals surface area contributed by atoms with E-state index in [1.165, 1.54) is 27.5 Å². The summed E-state index contributed by atoms with van der Waals surface area (Å²) in [7, 11) is 1.65. The second-order valence-corrected chi connectivity index (χ2v) is 8.93. The number of nitrogens with one attached hydrogen (secondary N) is 2. The lowest BCUT2D eigenvalue weighted by Gasteiger charge is -2.14. The van der Waals surface area contributed by atoms with Gasteiger partial charge in [0.1, 0.15) is 28.5 Å². The average Bonchev–Trinajstić information content (AvgIpc) is 3.53. The van der Waals surface area contributed by atoms with Crippen LogP contribution in [0.4, 0.5) is 14.5 Å². The Morgan fingerprint density at radius 3 is 2.80 bits per heavy atom. The Morgan fingerprint density at radius 1 is 1.12 bits per heavy atom. The number of benzene rings is 2. The number of alkyl halides is 2. The van der Waals surface area contributed by atoms with Crippen LogP contribution in [0.15, 0.2) is 73.3 Å². The number of aromatic nitrogens is 5. The maximum atomic E-state index is 13.3. The molecule has 5 aromatic rings. The molecular weight excluding hydrogens is 520 g/mol. The number of carbonyl (C=O) groups is 1. The molecule has 0 saturated heterocycles. The molecule has 0 fully saturated rings. The molecule has 5 rings (SSSR count). The molecule has 12 heteroatoms. The summed E-state index contributed by atoms with van der Waals surface area (Å²) in [5, 5.41) is 14.7. The summed E-state index contributed by atoms with van der Waals surface area (Å²) in [5.41, 5.74) is 2.37. The SMILES string of the molecule is CCCNCc1cccc(Oc2ccc(OC(F)F)c(-c3nn(C)cc3NC(=O)c3cnn4cccnc34)c2)c1. The van der Waals surface area contributed by atoms with Crippen molar-refractivity contribution >= 4 is 17.2 Å². The molecule has 2 N–H and O–H groups in total. The van der Waals surface area contributed by atoms with Gasteiger partial charge in [-0.15, -0.1) is 0 Å². The van der Waals surface area contributed by atoms with Gasteiger partial charge >= 0.3 is 6.61 Å². The van der Waals surface area contributed by atoms with Crippen molar-refractivity contribution in [3.05, 3.63) is 84.4 Å². The number of amides is 1. The van der Waals surface area contributed by atoms with Gasteiger partial charge in [0.25, 0.3) is 5.91 Å². The molecule has 0 aliphatic rings. The van der Waals surface area contributed by atoms with E-state index in [0.717, 1.165) is 18.5 Å². The predicted octanol–water partition coefficient (Wildman–Crippen LogP) is 5.28. The fourth-order valence-corrected chi connectivity index (χ4v) is 4.18. The van der Waals surface area contributed by atoms with Crippen molar-refractivity contribution in [2.75, 3.05) is 11.9 Å². The van der Waals surface area contributed by atoms with E-state index >= 15 is 0 Å². The Labute approximate surface area is 228 Å². The van der Waals surface area contributed by atoms with Gasteiger partial charge in [-0.1, -0.05) is 19.1 Å². The van der Waals surface area contributed by atoms with E-state index in [-0.39, 0.29) is 28.3 Å². The maximum absolute atomic E-state index is 13.3. The predicted molar refractivity (Wildman–Crippen MR) is 145 cm³/mol. The summed E-state index contributed by atoms with van der Waals surface area (Å²) in [6.45, 7) is 0.624. The molecule has 0 aliphatic heterocycles. The molecule has 206 valence electrons. The van der Waals surface area contributed by atoms with Crippen LogP contribution in [0.1, 0.15) is 29.3 Å². The van der Waals surface area contributed by atoms with Crippen LogP contribution < -0.4 is 20.1 Å². The normalized spacial score (nSPS) is 11.2. The molecule has 0 bridgehead atoms. The highest BCUT2D eigenvalue weighted by atomic mass is 19.3. The van der Waals surface area contributed by atoms with Gasteiger partial charge in [-0.05, 0) is 54.9 Å². The minimum atomic E-state index is -3.07. The topological polar surface area (TPSA) is 108 Å². The molecule has 3 heterocycles. The van der Waals surface area contributed by atoms with Crippen molar-refractivity contribution in [3.63, 3.8) is 0 Å². The molecule has 0 spiro atoms. The molecule has 1 amide bonds. The Bertz CT molecular complexity index is 1630. The third-order valence-corrected chi connectivity index (χ3v) is 5.91. The van der Waals surface area contributed by atoms with Crippen LogP contribution in [0.25, 0.3) is 16.9 Å². The minimum absolute atomic E-state index is 0.119. The molecular formula is C28H27F2N7O3. The lowest BCUT2D eigenvalue weighted by molar-refractivity contribution is -0.0494. The molecule has 0 unspecified atom stereocenters. The van der Waals surface area contributed by atoms with E-state index in [2.05, 4.69) is 32.7 Å². The van der Waals surface area contributed by atoms with E-state index in [4.69, 9.17) is 9.47 Å². The highest BCUT2D eigenvalue weighted by Crippen LogP contribution is 2.38. The van der Waals surface area contributed by atoms with Crippen LogP contribution in [0.2, 0.25) is 0 Å². The number of fused-ring (bicyclic) bond motifs is 1. The van der Waals surface area contributed by atoms with Crippen LogP contribution in [0.5, 0.6) is 17.2 Å². The molecule has 3 aromatic heterocycles. The summed E-state index contributed by atoms with van der Waals surface area (Å²) in [6, 6.07) is 13.8. The second-order valence-electron chi connectivity index (χ2n) is 8.93. The zero-order chi connectivity index (χ0) is 28.1. The fourth-order valence-electron chi connectivity index (χ4n) is 4.18. The van der Waals surface area contributed by atoms with Crippen molar-refractivity contribution in [2.45, 2.75) is 26.5 Å². The number of ether oxygens (including phenoxy) is 2. The summed E-state index contributed by atoms with van der Waals surface area (Å²) in [5.74, 6) is 0.358. The molecule has 0 aliphatic carbocycles. The largest absolute Gasteiger partial charge is 0.457 e. The van der Waals surface area contributed by atoms with E-state index in [1.807, 2.05) is 24.3 Å². The van der Waals surface area contributed by atoms with Gasteiger partial charge in [-0.25, -0.2) is 9.50 Å². The van der Waals surface area contributed by atoms with Gasteiger partial charge in [0.2, 0.25) is 0 Å². The molecule has 0 radical (unpaired) electrons. The molecule has 0 saturated carbocycles. The van der Waals surface area contributed by atoms with Gasteiger partial charge in [-0.3, -0.25) is 9.48 Å². The summed E-state index contributed by atoms with van der Waals surface area (Å²) in [6.07, 6.45) is 7.22. The van der Waals surface area contributed by atoms with E-state index in [0.29, 0.717) is 23.7 Å². The number of aryl methyl sites for hydroxylation is 1. The average molecular weight is 548 g/mol. The van der Waals surface area contributed by atoms with Gasteiger partial charge in [0.05, 0.1) is 17.4 Å². The number of hydrogen-bond acceptors (Lipinski definition) is 7. The third-order valence-electron chi connectivity index (χ3n) is 5.91. The van der Waals surface area contributed by atoms with Gasteiger partial charge in [0, 0.05) is 32.2 Å². The van der Waals surface area contributed by atoms with Crippen molar-refractivity contribution < 1.29 is 23.0 Å². The zero-order valence-electron chi connectivity index (χ0n) is 21.8. The number of carbonyl (C=O) groups excluding carboxylic acids is 1. The second kappa shape index (κ2) is 11.9. The van der Waals surface area contributed by atoms with Crippen LogP contribution >= 0.6 is 0 Å². The summed E-state index contributed by atoms with van der Waals surface area (Å²) < 4.78 is 40.4. The first kappa shape index (κ1) is 26.8. The highest BCUT2D eigenvalue weighted by Gasteiger charge is 2.22. The van der Waals surface area contributed by atoms with Crippen molar-refractivity contribution in [1.29, 1.82) is 0 Å². The lowest BCUT2D eigenvalue weighted by atomic mass is 10.1. The van der Waals surface area contributed by atoms with Crippen molar-refractivity contribution in [1.82, 2.24) is 29.7 Å². The van der Waals surface area contributed by atoms with Gasteiger partial charge in [-0.2, -0.15) is 19.0 Å². The van der Waals surface area contributed by atoms with Crippen LogP contribution in [-0.4, -0.2) is 43.4 Å². The lowest BCUT2D eigenvalue weighted by Crippen LogP contribution is -2.13. The van der Waals surface area contributed by atoms with E-state index in [9.17, 15) is 13.6 Å². The summed E-state index contributed by atoms with van der Waals surface area (Å²) in [4.78, 5) is 17.4. The van der Waals surface area contributed by atoms with Crippen LogP contribution in [0, 0.1) is 0 Å². The Hall–Kier alpha value is -4.84. The smallest absolute Gasteiger partial charge is 0.387 e. The summed E-state index contributed by atoms with van der Waals surface area (Å²) >= 11 is 0. The first-order valence-corrected chi connectivity index (χ1v) is 12.6. The molecule has 10 nitrogen and oxygen atoms in total. The number of rotatable bonds is 11. The number of anilines is 1. The first-order valence-electron chi connectivity index (χ1n) is 12.6. The number of halogens is 2. The van der Waals surface area contributed by atoms with Gasteiger partial charge < -0.3 is 20.1 Å². The van der Waals surface area contributed by atoms with Crippen molar-refractivity contribution in [2.24, 2.45) is 7.05 Å². The number of hydrogen-bond donors (Lipinski definition) is 2. The maximum Gasteiger partial charge on any atom is 0.387 e. The molecule has 40 heavy (non-hydrogen) atoms. The molecule has 0 atom stereocenters. The number of nitrogens with zero attached hydrogens (tertiary/aromatic N) is 5. The Balaban J connectivity index is 1.46. The Morgan fingerprint density at radius 2 is 1.98 bits per heavy atom. The Kier molecular flexibility index (Phi) is 7.97.